The van der Waals surface area contributed by atoms with Gasteiger partial charge < -0.3 is 9.47 Å². The maximum atomic E-state index is 5.64. The van der Waals surface area contributed by atoms with Crippen LogP contribution < -0.4 is 4.74 Å². The average Bonchev–Trinajstić information content (AvgIpc) is 2.12. The van der Waals surface area contributed by atoms with Crippen LogP contribution in [0, 0.1) is 5.92 Å². The zero-order valence-corrected chi connectivity index (χ0v) is 9.50. The van der Waals surface area contributed by atoms with Crippen molar-refractivity contribution in [1.29, 1.82) is 0 Å². The molecule has 1 aromatic rings. The van der Waals surface area contributed by atoms with Gasteiger partial charge in [-0.15, -0.1) is 0 Å². The third kappa shape index (κ3) is 2.49. The molecule has 0 N–H and O–H groups in total. The van der Waals surface area contributed by atoms with Gasteiger partial charge in [-0.1, -0.05) is 12.1 Å². The largest absolute Gasteiger partial charge is 0.492 e. The van der Waals surface area contributed by atoms with Gasteiger partial charge >= 0.3 is 0 Å². The molecule has 2 rings (SSSR count). The highest BCUT2D eigenvalue weighted by atomic mass is 79.9. The van der Waals surface area contributed by atoms with Crippen LogP contribution in [0.3, 0.4) is 0 Å². The molecule has 0 amide bonds. The summed E-state index contributed by atoms with van der Waals surface area (Å²) in [6.07, 6.45) is 1.08. The molecule has 0 bridgehead atoms. The molecule has 1 aliphatic rings. The van der Waals surface area contributed by atoms with E-state index in [1.165, 1.54) is 0 Å². The molecule has 0 radical (unpaired) electrons. The van der Waals surface area contributed by atoms with E-state index >= 15 is 0 Å². The van der Waals surface area contributed by atoms with Crippen molar-refractivity contribution < 1.29 is 9.47 Å². The molecule has 1 fully saturated rings. The van der Waals surface area contributed by atoms with Crippen molar-refractivity contribution in [2.24, 2.45) is 5.92 Å². The Kier molecular flexibility index (Phi) is 3.43. The number of hydrogen-bond donors (Lipinski definition) is 0. The first-order valence-electron chi connectivity index (χ1n) is 4.81. The summed E-state index contributed by atoms with van der Waals surface area (Å²) in [7, 11) is 0. The molecule has 14 heavy (non-hydrogen) atoms. The molecule has 0 aromatic heterocycles. The lowest BCUT2D eigenvalue weighted by molar-refractivity contribution is -0.0401. The van der Waals surface area contributed by atoms with Crippen molar-refractivity contribution in [2.75, 3.05) is 19.8 Å². The van der Waals surface area contributed by atoms with Gasteiger partial charge in [0.15, 0.2) is 0 Å². The second kappa shape index (κ2) is 4.80. The second-order valence-electron chi connectivity index (χ2n) is 3.47. The summed E-state index contributed by atoms with van der Waals surface area (Å²) in [6.45, 7) is 2.58. The Balaban J connectivity index is 1.76. The lowest BCUT2D eigenvalue weighted by atomic mass is 10.1. The molecule has 0 spiro atoms. The van der Waals surface area contributed by atoms with Gasteiger partial charge in [0.2, 0.25) is 0 Å². The van der Waals surface area contributed by atoms with E-state index in [1.807, 2.05) is 24.3 Å². The Morgan fingerprint density at radius 2 is 2.14 bits per heavy atom. The summed E-state index contributed by atoms with van der Waals surface area (Å²) in [5.74, 6) is 1.63. The minimum absolute atomic E-state index is 0.706. The molecule has 0 saturated carbocycles. The second-order valence-corrected chi connectivity index (χ2v) is 4.33. The molecule has 3 heteroatoms. The Hall–Kier alpha value is -0.540. The molecule has 76 valence electrons. The zero-order valence-electron chi connectivity index (χ0n) is 7.91. The molecule has 0 atom stereocenters. The molecule has 2 nitrogen and oxygen atoms in total. The van der Waals surface area contributed by atoms with Crippen LogP contribution in [-0.4, -0.2) is 19.8 Å². The fourth-order valence-corrected chi connectivity index (χ4v) is 1.75. The van der Waals surface area contributed by atoms with Gasteiger partial charge in [-0.05, 0) is 34.5 Å². The summed E-state index contributed by atoms with van der Waals surface area (Å²) in [4.78, 5) is 0. The minimum Gasteiger partial charge on any atom is -0.492 e. The smallest absolute Gasteiger partial charge is 0.133 e. The summed E-state index contributed by atoms with van der Waals surface area (Å²) in [5, 5.41) is 0. The Morgan fingerprint density at radius 1 is 1.36 bits per heavy atom. The molecule has 0 unspecified atom stereocenters. The normalized spacial score (nSPS) is 16.4. The maximum absolute atomic E-state index is 5.64. The van der Waals surface area contributed by atoms with E-state index < -0.39 is 0 Å². The van der Waals surface area contributed by atoms with Crippen LogP contribution in [0.2, 0.25) is 0 Å². The highest BCUT2D eigenvalue weighted by Gasteiger charge is 2.17. The first-order chi connectivity index (χ1) is 6.86. The van der Waals surface area contributed by atoms with Gasteiger partial charge in [0.05, 0.1) is 24.3 Å². The number of ether oxygens (including phenoxy) is 2. The monoisotopic (exact) mass is 256 g/mol. The quantitative estimate of drug-likeness (QED) is 0.825. The average molecular weight is 257 g/mol. The highest BCUT2D eigenvalue weighted by Crippen LogP contribution is 2.24. The van der Waals surface area contributed by atoms with Crippen LogP contribution in [0.5, 0.6) is 5.75 Å². The van der Waals surface area contributed by atoms with Gasteiger partial charge in [0.1, 0.15) is 5.75 Å². The van der Waals surface area contributed by atoms with Gasteiger partial charge in [-0.3, -0.25) is 0 Å². The third-order valence-electron chi connectivity index (χ3n) is 2.33. The molecule has 1 saturated heterocycles. The Morgan fingerprint density at radius 3 is 2.79 bits per heavy atom. The molecule has 1 aromatic carbocycles. The number of hydrogen-bond acceptors (Lipinski definition) is 2. The Bertz CT molecular complexity index is 297. The topological polar surface area (TPSA) is 18.5 Å². The maximum Gasteiger partial charge on any atom is 0.133 e. The van der Waals surface area contributed by atoms with Crippen molar-refractivity contribution in [3.05, 3.63) is 28.7 Å². The predicted octanol–water partition coefficient (Wildman–Crippen LogP) is 2.86. The molecule has 1 aliphatic heterocycles. The van der Waals surface area contributed by atoms with Gasteiger partial charge in [0, 0.05) is 5.92 Å². The minimum atomic E-state index is 0.706. The van der Waals surface area contributed by atoms with E-state index in [2.05, 4.69) is 15.9 Å². The lowest BCUT2D eigenvalue weighted by Gasteiger charge is -2.25. The number of benzene rings is 1. The standard InChI is InChI=1S/C11H13BrO2/c12-10-3-1-2-4-11(10)14-6-5-9-7-13-8-9/h1-4,9H,5-8H2. The molecule has 1 heterocycles. The third-order valence-corrected chi connectivity index (χ3v) is 2.98. The lowest BCUT2D eigenvalue weighted by Crippen LogP contribution is -2.28. The van der Waals surface area contributed by atoms with Crippen LogP contribution in [-0.2, 0) is 4.74 Å². The first kappa shape index (κ1) is 9.99. The predicted molar refractivity (Wildman–Crippen MR) is 58.6 cm³/mol. The molecule has 0 aliphatic carbocycles. The van der Waals surface area contributed by atoms with E-state index in [1.54, 1.807) is 0 Å². The van der Waals surface area contributed by atoms with Crippen molar-refractivity contribution in [1.82, 2.24) is 0 Å². The summed E-state index contributed by atoms with van der Waals surface area (Å²) in [6, 6.07) is 7.92. The number of para-hydroxylation sites is 1. The summed E-state index contributed by atoms with van der Waals surface area (Å²) in [5.41, 5.74) is 0. The van der Waals surface area contributed by atoms with E-state index in [0.717, 1.165) is 36.5 Å². The molecular weight excluding hydrogens is 244 g/mol. The summed E-state index contributed by atoms with van der Waals surface area (Å²) < 4.78 is 11.8. The van der Waals surface area contributed by atoms with Crippen molar-refractivity contribution in [3.8, 4) is 5.75 Å². The number of rotatable bonds is 4. The van der Waals surface area contributed by atoms with Crippen molar-refractivity contribution >= 4 is 15.9 Å². The fourth-order valence-electron chi connectivity index (χ4n) is 1.35. The molecular formula is C11H13BrO2. The SMILES string of the molecule is Brc1ccccc1OCCC1COC1. The van der Waals surface area contributed by atoms with Crippen LogP contribution >= 0.6 is 15.9 Å². The van der Waals surface area contributed by atoms with Crippen LogP contribution in [0.15, 0.2) is 28.7 Å². The van der Waals surface area contributed by atoms with Crippen LogP contribution in [0.1, 0.15) is 6.42 Å². The van der Waals surface area contributed by atoms with Crippen molar-refractivity contribution in [3.63, 3.8) is 0 Å². The highest BCUT2D eigenvalue weighted by molar-refractivity contribution is 9.10. The van der Waals surface area contributed by atoms with E-state index in [4.69, 9.17) is 9.47 Å². The Labute approximate surface area is 92.3 Å². The van der Waals surface area contributed by atoms with Gasteiger partial charge in [0.25, 0.3) is 0 Å². The van der Waals surface area contributed by atoms with Crippen molar-refractivity contribution in [2.45, 2.75) is 6.42 Å². The van der Waals surface area contributed by atoms with E-state index in [-0.39, 0.29) is 0 Å². The number of halogens is 1. The van der Waals surface area contributed by atoms with E-state index in [0.29, 0.717) is 5.92 Å². The zero-order chi connectivity index (χ0) is 9.80. The van der Waals surface area contributed by atoms with Crippen LogP contribution in [0.25, 0.3) is 0 Å². The van der Waals surface area contributed by atoms with Gasteiger partial charge in [-0.2, -0.15) is 0 Å². The van der Waals surface area contributed by atoms with Crippen LogP contribution in [0.4, 0.5) is 0 Å². The first-order valence-corrected chi connectivity index (χ1v) is 5.60. The summed E-state index contributed by atoms with van der Waals surface area (Å²) >= 11 is 3.44. The van der Waals surface area contributed by atoms with Gasteiger partial charge in [-0.25, -0.2) is 0 Å². The fraction of sp³-hybridized carbons (Fsp3) is 0.455. The van der Waals surface area contributed by atoms with E-state index in [9.17, 15) is 0 Å².